The SMILES string of the molecule is CCC1C2[C@@H](CN1C(=O)c1ccccc1)CC1(C)C3Cc4ccc(O)cc4C21CCN3C[C@@H]1CCCCN1. The van der Waals surface area contributed by atoms with Crippen LogP contribution in [0.1, 0.15) is 73.9 Å². The van der Waals surface area contributed by atoms with Crippen LogP contribution in [0.25, 0.3) is 0 Å². The zero-order chi connectivity index (χ0) is 26.1. The van der Waals surface area contributed by atoms with Crippen LogP contribution in [0.5, 0.6) is 5.75 Å². The number of phenols is 1. The van der Waals surface area contributed by atoms with E-state index in [9.17, 15) is 9.90 Å². The van der Waals surface area contributed by atoms with Gasteiger partial charge in [0.05, 0.1) is 0 Å². The van der Waals surface area contributed by atoms with Gasteiger partial charge >= 0.3 is 0 Å². The molecule has 38 heavy (non-hydrogen) atoms. The van der Waals surface area contributed by atoms with Gasteiger partial charge in [-0.3, -0.25) is 9.69 Å². The molecule has 202 valence electrons. The van der Waals surface area contributed by atoms with Crippen LogP contribution >= 0.6 is 0 Å². The molecule has 3 heterocycles. The maximum atomic E-state index is 13.8. The summed E-state index contributed by atoms with van der Waals surface area (Å²) in [6.45, 7) is 9.13. The second-order valence-corrected chi connectivity index (χ2v) is 13.1. The van der Waals surface area contributed by atoms with E-state index in [1.165, 1.54) is 36.8 Å². The molecule has 1 saturated carbocycles. The highest BCUT2D eigenvalue weighted by atomic mass is 16.3. The Morgan fingerprint density at radius 2 is 2.00 bits per heavy atom. The molecule has 2 aliphatic carbocycles. The fourth-order valence-electron chi connectivity index (χ4n) is 10.2. The number of piperidine rings is 2. The molecule has 2 N–H and O–H groups in total. The number of nitrogens with one attached hydrogen (secondary N) is 1. The maximum absolute atomic E-state index is 13.8. The van der Waals surface area contributed by atoms with Crippen molar-refractivity contribution in [2.24, 2.45) is 17.3 Å². The standard InChI is InChI=1S/C33H43N3O2/c1-3-28-30-24(20-36(28)31(38)22-9-5-4-6-10-22)19-32(2)29-17-23-12-13-26(37)18-27(23)33(30,32)14-16-35(29)21-25-11-7-8-15-34-25/h4-6,9-10,12-13,18,24-25,28-30,34,37H,3,7-8,11,14-17,19-21H2,1-2H3/t24-,25+,28?,29?,30?,32?,33?/m1/s1. The van der Waals surface area contributed by atoms with Crippen LogP contribution in [0.3, 0.4) is 0 Å². The van der Waals surface area contributed by atoms with Gasteiger partial charge in [0, 0.05) is 42.2 Å². The Morgan fingerprint density at radius 1 is 1.16 bits per heavy atom. The largest absolute Gasteiger partial charge is 0.508 e. The zero-order valence-electron chi connectivity index (χ0n) is 23.0. The summed E-state index contributed by atoms with van der Waals surface area (Å²) in [4.78, 5) is 18.9. The molecule has 2 aromatic rings. The number of amides is 1. The maximum Gasteiger partial charge on any atom is 0.254 e. The second-order valence-electron chi connectivity index (χ2n) is 13.1. The number of likely N-dealkylation sites (tertiary alicyclic amines) is 2. The molecular formula is C33H43N3O2. The first kappa shape index (κ1) is 24.7. The molecule has 1 amide bonds. The number of rotatable bonds is 4. The minimum absolute atomic E-state index is 0.00244. The smallest absolute Gasteiger partial charge is 0.254 e. The lowest BCUT2D eigenvalue weighted by Gasteiger charge is -2.63. The van der Waals surface area contributed by atoms with Gasteiger partial charge < -0.3 is 15.3 Å². The molecule has 3 aliphatic heterocycles. The fourth-order valence-corrected chi connectivity index (χ4v) is 10.2. The van der Waals surface area contributed by atoms with Crippen molar-refractivity contribution in [1.82, 2.24) is 15.1 Å². The lowest BCUT2D eigenvalue weighted by Crippen LogP contribution is -2.67. The predicted octanol–water partition coefficient (Wildman–Crippen LogP) is 4.98. The molecular weight excluding hydrogens is 470 g/mol. The average molecular weight is 514 g/mol. The number of hydrogen-bond acceptors (Lipinski definition) is 4. The molecule has 0 spiro atoms. The zero-order valence-corrected chi connectivity index (χ0v) is 23.0. The van der Waals surface area contributed by atoms with E-state index in [4.69, 9.17) is 0 Å². The molecule has 0 radical (unpaired) electrons. The number of hydrogen-bond donors (Lipinski definition) is 2. The summed E-state index contributed by atoms with van der Waals surface area (Å²) in [7, 11) is 0. The molecule has 7 atom stereocenters. The first-order chi connectivity index (χ1) is 18.5. The molecule has 5 unspecified atom stereocenters. The average Bonchev–Trinajstić information content (AvgIpc) is 3.42. The summed E-state index contributed by atoms with van der Waals surface area (Å²) in [6, 6.07) is 17.4. The van der Waals surface area contributed by atoms with Crippen molar-refractivity contribution in [3.05, 3.63) is 65.2 Å². The lowest BCUT2D eigenvalue weighted by molar-refractivity contribution is -0.0650. The van der Waals surface area contributed by atoms with Crippen LogP contribution in [0, 0.1) is 17.3 Å². The van der Waals surface area contributed by atoms with Gasteiger partial charge in [-0.15, -0.1) is 0 Å². The molecule has 4 fully saturated rings. The van der Waals surface area contributed by atoms with Gasteiger partial charge in [0.1, 0.15) is 5.75 Å². The van der Waals surface area contributed by atoms with Crippen molar-refractivity contribution in [2.45, 2.75) is 82.3 Å². The number of fused-ring (bicyclic) bond motifs is 2. The van der Waals surface area contributed by atoms with Crippen molar-refractivity contribution in [2.75, 3.05) is 26.2 Å². The number of benzene rings is 2. The second kappa shape index (κ2) is 9.09. The van der Waals surface area contributed by atoms with Gasteiger partial charge in [-0.25, -0.2) is 0 Å². The molecule has 5 nitrogen and oxygen atoms in total. The quantitative estimate of drug-likeness (QED) is 0.606. The highest BCUT2D eigenvalue weighted by molar-refractivity contribution is 5.94. The highest BCUT2D eigenvalue weighted by Gasteiger charge is 2.72. The third kappa shape index (κ3) is 3.40. The minimum Gasteiger partial charge on any atom is -0.508 e. The Kier molecular flexibility index (Phi) is 5.90. The Labute approximate surface area is 227 Å². The third-order valence-corrected chi connectivity index (χ3v) is 11.6. The van der Waals surface area contributed by atoms with Crippen LogP contribution in [-0.4, -0.2) is 65.1 Å². The Balaban J connectivity index is 1.30. The third-order valence-electron chi connectivity index (χ3n) is 11.6. The van der Waals surface area contributed by atoms with Gasteiger partial charge in [0.15, 0.2) is 0 Å². The van der Waals surface area contributed by atoms with E-state index in [2.05, 4.69) is 41.1 Å². The first-order valence-electron chi connectivity index (χ1n) is 15.1. The van der Waals surface area contributed by atoms with Gasteiger partial charge in [-0.1, -0.05) is 44.5 Å². The molecule has 2 bridgehead atoms. The summed E-state index contributed by atoms with van der Waals surface area (Å²) < 4.78 is 0. The summed E-state index contributed by atoms with van der Waals surface area (Å²) in [5, 5.41) is 14.5. The van der Waals surface area contributed by atoms with E-state index in [0.717, 1.165) is 51.0 Å². The molecule has 0 aromatic heterocycles. The number of carbonyl (C=O) groups is 1. The highest BCUT2D eigenvalue weighted by Crippen LogP contribution is 2.71. The van der Waals surface area contributed by atoms with Crippen LogP contribution in [0.15, 0.2) is 48.5 Å². The number of phenolic OH excluding ortho intramolecular Hbond substituents is 1. The summed E-state index contributed by atoms with van der Waals surface area (Å²) >= 11 is 0. The minimum atomic E-state index is -0.00244. The summed E-state index contributed by atoms with van der Waals surface area (Å²) in [5.74, 6) is 1.51. The molecule has 3 saturated heterocycles. The number of nitrogens with zero attached hydrogens (tertiary/aromatic N) is 2. The Bertz CT molecular complexity index is 1210. The van der Waals surface area contributed by atoms with Gasteiger partial charge in [-0.05, 0) is 104 Å². The summed E-state index contributed by atoms with van der Waals surface area (Å²) in [5.41, 5.74) is 3.77. The van der Waals surface area contributed by atoms with E-state index in [1.54, 1.807) is 0 Å². The van der Waals surface area contributed by atoms with E-state index in [0.29, 0.717) is 29.7 Å². The normalized spacial score (nSPS) is 37.9. The van der Waals surface area contributed by atoms with Gasteiger partial charge in [0.25, 0.3) is 5.91 Å². The van der Waals surface area contributed by atoms with Crippen LogP contribution in [-0.2, 0) is 11.8 Å². The van der Waals surface area contributed by atoms with Gasteiger partial charge in [0.2, 0.25) is 0 Å². The molecule has 5 aliphatic rings. The molecule has 5 heteroatoms. The van der Waals surface area contributed by atoms with Crippen molar-refractivity contribution >= 4 is 5.91 Å². The fraction of sp³-hybridized carbons (Fsp3) is 0.606. The molecule has 2 aromatic carbocycles. The van der Waals surface area contributed by atoms with E-state index in [-0.39, 0.29) is 22.8 Å². The van der Waals surface area contributed by atoms with Crippen molar-refractivity contribution < 1.29 is 9.90 Å². The molecule has 7 rings (SSSR count). The van der Waals surface area contributed by atoms with E-state index < -0.39 is 0 Å². The summed E-state index contributed by atoms with van der Waals surface area (Å²) in [6.07, 6.45) is 8.27. The Hall–Kier alpha value is -2.37. The van der Waals surface area contributed by atoms with Gasteiger partial charge in [-0.2, -0.15) is 0 Å². The lowest BCUT2D eigenvalue weighted by atomic mass is 9.48. The number of aromatic hydroxyl groups is 1. The van der Waals surface area contributed by atoms with Crippen molar-refractivity contribution in [3.8, 4) is 5.75 Å². The number of carbonyl (C=O) groups excluding carboxylic acids is 1. The van der Waals surface area contributed by atoms with Crippen LogP contribution in [0.2, 0.25) is 0 Å². The predicted molar refractivity (Wildman–Crippen MR) is 150 cm³/mol. The van der Waals surface area contributed by atoms with Crippen LogP contribution in [0.4, 0.5) is 0 Å². The Morgan fingerprint density at radius 3 is 2.76 bits per heavy atom. The van der Waals surface area contributed by atoms with E-state index >= 15 is 0 Å². The first-order valence-corrected chi connectivity index (χ1v) is 15.1. The van der Waals surface area contributed by atoms with Crippen molar-refractivity contribution in [1.29, 1.82) is 0 Å². The van der Waals surface area contributed by atoms with Crippen LogP contribution < -0.4 is 5.32 Å². The van der Waals surface area contributed by atoms with Crippen molar-refractivity contribution in [3.63, 3.8) is 0 Å². The monoisotopic (exact) mass is 513 g/mol. The van der Waals surface area contributed by atoms with E-state index in [1.807, 2.05) is 36.4 Å². The topological polar surface area (TPSA) is 55.8 Å².